The molecule has 1 atom stereocenters. The molecule has 5 nitrogen and oxygen atoms in total. The molecule has 28 heavy (non-hydrogen) atoms. The first-order chi connectivity index (χ1) is 13.3. The Labute approximate surface area is 179 Å². The van der Waals surface area contributed by atoms with Crippen molar-refractivity contribution in [2.24, 2.45) is 0 Å². The van der Waals surface area contributed by atoms with Gasteiger partial charge in [0.1, 0.15) is 11.8 Å². The second-order valence-corrected chi connectivity index (χ2v) is 7.76. The van der Waals surface area contributed by atoms with E-state index < -0.39 is 6.04 Å². The predicted molar refractivity (Wildman–Crippen MR) is 115 cm³/mol. The van der Waals surface area contributed by atoms with E-state index in [1.165, 1.54) is 4.90 Å². The van der Waals surface area contributed by atoms with Gasteiger partial charge in [0.25, 0.3) is 5.91 Å². The summed E-state index contributed by atoms with van der Waals surface area (Å²) in [6.45, 7) is 6.16. The minimum atomic E-state index is -0.627. The molecule has 0 bridgehead atoms. The number of carbonyl (C=O) groups excluding carboxylic acids is 2. The van der Waals surface area contributed by atoms with Crippen molar-refractivity contribution < 1.29 is 14.3 Å². The number of hydrogen-bond donors (Lipinski definition) is 1. The lowest BCUT2D eigenvalue weighted by atomic mass is 10.1. The Bertz CT molecular complexity index is 827. The van der Waals surface area contributed by atoms with Crippen molar-refractivity contribution in [3.05, 3.63) is 63.1 Å². The second-order valence-electron chi connectivity index (χ2n) is 6.44. The van der Waals surface area contributed by atoms with E-state index in [0.717, 1.165) is 15.6 Å². The number of nitrogens with one attached hydrogen (secondary N) is 1. The third kappa shape index (κ3) is 6.24. The molecule has 0 aliphatic rings. The zero-order valence-electron chi connectivity index (χ0n) is 16.2. The number of aryl methyl sites for hydroxylation is 1. The largest absolute Gasteiger partial charge is 0.482 e. The molecule has 2 aromatic carbocycles. The Morgan fingerprint density at radius 1 is 1.21 bits per heavy atom. The number of likely N-dealkylation sites (N-methyl/N-ethyl adjacent to an activating group) is 1. The Morgan fingerprint density at radius 2 is 1.89 bits per heavy atom. The fourth-order valence-electron chi connectivity index (χ4n) is 2.61. The number of benzene rings is 2. The van der Waals surface area contributed by atoms with Crippen LogP contribution in [0.5, 0.6) is 5.75 Å². The fourth-order valence-corrected chi connectivity index (χ4v) is 3.34. The minimum Gasteiger partial charge on any atom is -0.482 e. The molecular weight excluding hydrogens is 444 g/mol. The van der Waals surface area contributed by atoms with Crippen molar-refractivity contribution in [3.63, 3.8) is 0 Å². The van der Waals surface area contributed by atoms with Gasteiger partial charge in [-0.25, -0.2) is 0 Å². The smallest absolute Gasteiger partial charge is 0.261 e. The summed E-state index contributed by atoms with van der Waals surface area (Å²) in [4.78, 5) is 26.7. The first kappa shape index (κ1) is 22.2. The third-order valence-corrected chi connectivity index (χ3v) is 5.03. The molecule has 0 aliphatic heterocycles. The molecule has 0 spiro atoms. The topological polar surface area (TPSA) is 58.6 Å². The molecule has 0 heterocycles. The minimum absolute atomic E-state index is 0.204. The highest BCUT2D eigenvalue weighted by atomic mass is 79.9. The molecule has 0 unspecified atom stereocenters. The second kappa shape index (κ2) is 10.5. The van der Waals surface area contributed by atoms with E-state index in [0.29, 0.717) is 23.9 Å². The summed E-state index contributed by atoms with van der Waals surface area (Å²) in [5.74, 6) is -0.0814. The lowest BCUT2D eigenvalue weighted by Crippen LogP contribution is -2.49. The maximum absolute atomic E-state index is 12.9. The molecule has 0 aromatic heterocycles. The van der Waals surface area contributed by atoms with Crippen molar-refractivity contribution >= 4 is 39.3 Å². The van der Waals surface area contributed by atoms with E-state index in [1.807, 2.05) is 38.1 Å². The molecule has 0 saturated carbocycles. The van der Waals surface area contributed by atoms with E-state index in [-0.39, 0.29) is 18.4 Å². The summed E-state index contributed by atoms with van der Waals surface area (Å²) in [6.07, 6.45) is 0. The van der Waals surface area contributed by atoms with Gasteiger partial charge in [0.05, 0.1) is 5.02 Å². The zero-order chi connectivity index (χ0) is 20.7. The van der Waals surface area contributed by atoms with Gasteiger partial charge < -0.3 is 15.0 Å². The summed E-state index contributed by atoms with van der Waals surface area (Å²) in [5.41, 5.74) is 2.07. The van der Waals surface area contributed by atoms with Crippen LogP contribution in [0, 0.1) is 6.92 Å². The van der Waals surface area contributed by atoms with Crippen LogP contribution in [0.4, 0.5) is 0 Å². The van der Waals surface area contributed by atoms with Gasteiger partial charge in [-0.3, -0.25) is 9.59 Å². The number of carbonyl (C=O) groups is 2. The lowest BCUT2D eigenvalue weighted by molar-refractivity contribution is -0.142. The summed E-state index contributed by atoms with van der Waals surface area (Å²) in [5, 5.41) is 3.17. The summed E-state index contributed by atoms with van der Waals surface area (Å²) in [7, 11) is 0. The SMILES string of the molecule is CCNC(=O)[C@H](C)N(Cc1ccc(C)cc1)C(=O)COc1ccc(Br)cc1Cl. The number of ether oxygens (including phenoxy) is 1. The quantitative estimate of drug-likeness (QED) is 0.628. The van der Waals surface area contributed by atoms with E-state index >= 15 is 0 Å². The lowest BCUT2D eigenvalue weighted by Gasteiger charge is -2.28. The third-order valence-electron chi connectivity index (χ3n) is 4.24. The maximum Gasteiger partial charge on any atom is 0.261 e. The van der Waals surface area contributed by atoms with Crippen LogP contribution in [0.25, 0.3) is 0 Å². The van der Waals surface area contributed by atoms with E-state index in [1.54, 1.807) is 25.1 Å². The van der Waals surface area contributed by atoms with Gasteiger partial charge in [0.2, 0.25) is 5.91 Å². The van der Waals surface area contributed by atoms with Gasteiger partial charge in [-0.1, -0.05) is 57.4 Å². The van der Waals surface area contributed by atoms with E-state index in [2.05, 4.69) is 21.2 Å². The van der Waals surface area contributed by atoms with Crippen LogP contribution in [-0.2, 0) is 16.1 Å². The van der Waals surface area contributed by atoms with E-state index in [4.69, 9.17) is 16.3 Å². The monoisotopic (exact) mass is 466 g/mol. The van der Waals surface area contributed by atoms with Crippen molar-refractivity contribution in [1.82, 2.24) is 10.2 Å². The van der Waals surface area contributed by atoms with Gasteiger partial charge >= 0.3 is 0 Å². The number of halogens is 2. The van der Waals surface area contributed by atoms with Gasteiger partial charge in [-0.05, 0) is 44.5 Å². The highest BCUT2D eigenvalue weighted by molar-refractivity contribution is 9.10. The Balaban J connectivity index is 2.15. The van der Waals surface area contributed by atoms with Gasteiger partial charge in [0.15, 0.2) is 6.61 Å². The summed E-state index contributed by atoms with van der Waals surface area (Å²) in [6, 6.07) is 12.4. The highest BCUT2D eigenvalue weighted by Crippen LogP contribution is 2.27. The molecule has 2 aromatic rings. The number of amides is 2. The Hall–Kier alpha value is -2.05. The zero-order valence-corrected chi connectivity index (χ0v) is 18.5. The van der Waals surface area contributed by atoms with Crippen LogP contribution in [0.1, 0.15) is 25.0 Å². The Morgan fingerprint density at radius 3 is 2.50 bits per heavy atom. The van der Waals surface area contributed by atoms with Crippen LogP contribution >= 0.6 is 27.5 Å². The van der Waals surface area contributed by atoms with Crippen LogP contribution in [-0.4, -0.2) is 35.9 Å². The standard InChI is InChI=1S/C21H24BrClN2O3/c1-4-24-21(27)15(3)25(12-16-7-5-14(2)6-8-16)20(26)13-28-19-10-9-17(22)11-18(19)23/h5-11,15H,4,12-13H2,1-3H3,(H,24,27)/t15-/m0/s1. The van der Waals surface area contributed by atoms with Crippen molar-refractivity contribution in [2.45, 2.75) is 33.4 Å². The molecule has 0 aliphatic carbocycles. The maximum atomic E-state index is 12.9. The fraction of sp³-hybridized carbons (Fsp3) is 0.333. The first-order valence-electron chi connectivity index (χ1n) is 9.02. The highest BCUT2D eigenvalue weighted by Gasteiger charge is 2.26. The van der Waals surface area contributed by atoms with Crippen LogP contribution in [0.15, 0.2) is 46.9 Å². The van der Waals surface area contributed by atoms with Crippen LogP contribution in [0.3, 0.4) is 0 Å². The number of nitrogens with zero attached hydrogens (tertiary/aromatic N) is 1. The molecule has 1 N–H and O–H groups in total. The molecule has 2 rings (SSSR count). The van der Waals surface area contributed by atoms with Gasteiger partial charge in [0, 0.05) is 17.6 Å². The molecule has 0 fully saturated rings. The first-order valence-corrected chi connectivity index (χ1v) is 10.2. The van der Waals surface area contributed by atoms with Crippen molar-refractivity contribution in [1.29, 1.82) is 0 Å². The van der Waals surface area contributed by atoms with Gasteiger partial charge in [-0.2, -0.15) is 0 Å². The van der Waals surface area contributed by atoms with Gasteiger partial charge in [-0.15, -0.1) is 0 Å². The molecule has 2 amide bonds. The van der Waals surface area contributed by atoms with Crippen LogP contribution in [0.2, 0.25) is 5.02 Å². The predicted octanol–water partition coefficient (Wildman–Crippen LogP) is 4.34. The molecule has 150 valence electrons. The summed E-state index contributed by atoms with van der Waals surface area (Å²) < 4.78 is 6.43. The molecular formula is C21H24BrClN2O3. The number of rotatable bonds is 8. The van der Waals surface area contributed by atoms with Crippen LogP contribution < -0.4 is 10.1 Å². The average molecular weight is 468 g/mol. The van der Waals surface area contributed by atoms with Crippen molar-refractivity contribution in [2.75, 3.05) is 13.2 Å². The molecule has 0 radical (unpaired) electrons. The molecule has 7 heteroatoms. The number of hydrogen-bond acceptors (Lipinski definition) is 3. The van der Waals surface area contributed by atoms with Crippen molar-refractivity contribution in [3.8, 4) is 5.75 Å². The molecule has 0 saturated heterocycles. The van der Waals surface area contributed by atoms with E-state index in [9.17, 15) is 9.59 Å². The Kier molecular flexibility index (Phi) is 8.33. The average Bonchev–Trinajstić information content (AvgIpc) is 2.66. The summed E-state index contributed by atoms with van der Waals surface area (Å²) >= 11 is 9.48. The normalized spacial score (nSPS) is 11.6.